The van der Waals surface area contributed by atoms with Crippen LogP contribution in [0.1, 0.15) is 31.7 Å². The highest BCUT2D eigenvalue weighted by atomic mass is 32.2. The molecule has 2 fully saturated rings. The predicted molar refractivity (Wildman–Crippen MR) is 108 cm³/mol. The highest BCUT2D eigenvalue weighted by Gasteiger charge is 2.43. The van der Waals surface area contributed by atoms with E-state index in [1.165, 1.54) is 0 Å². The topological polar surface area (TPSA) is 76.4 Å². The number of nitriles is 1. The van der Waals surface area contributed by atoms with Crippen molar-refractivity contribution in [2.75, 3.05) is 50.3 Å². The molecule has 0 aromatic heterocycles. The summed E-state index contributed by atoms with van der Waals surface area (Å²) in [7, 11) is -3.05. The number of anilines is 1. The lowest BCUT2D eigenvalue weighted by Crippen LogP contribution is -2.35. The molecule has 6 nitrogen and oxygen atoms in total. The Hall–Kier alpha value is -1.62. The standard InChI is InChI=1S/C20H30N4O2S/c1-2-3-11-27(25,26)24-15-18-13-23(14-19(18)16-24)10-4-9-22-20-7-5-17(12-21)6-8-20/h5-8,18-19,22H,2-4,9-11,13-16H2,1H3. The first-order valence-electron chi connectivity index (χ1n) is 9.96. The predicted octanol–water partition coefficient (Wildman–Crippen LogP) is 2.35. The Kier molecular flexibility index (Phi) is 6.74. The molecule has 1 aromatic rings. The molecular formula is C20H30N4O2S. The number of hydrogen-bond acceptors (Lipinski definition) is 5. The van der Waals surface area contributed by atoms with Gasteiger partial charge in [-0.05, 0) is 55.5 Å². The van der Waals surface area contributed by atoms with E-state index in [1.807, 2.05) is 31.2 Å². The molecule has 0 radical (unpaired) electrons. The van der Waals surface area contributed by atoms with Gasteiger partial charge in [0.05, 0.1) is 17.4 Å². The molecule has 0 saturated carbocycles. The summed E-state index contributed by atoms with van der Waals surface area (Å²) in [5.74, 6) is 1.29. The molecule has 7 heteroatoms. The molecule has 2 atom stereocenters. The van der Waals surface area contributed by atoms with E-state index in [-0.39, 0.29) is 0 Å². The van der Waals surface area contributed by atoms with Crippen molar-refractivity contribution in [3.05, 3.63) is 29.8 Å². The van der Waals surface area contributed by atoms with Gasteiger partial charge in [0.1, 0.15) is 0 Å². The Labute approximate surface area is 163 Å². The van der Waals surface area contributed by atoms with Gasteiger partial charge in [-0.2, -0.15) is 5.26 Å². The summed E-state index contributed by atoms with van der Waals surface area (Å²) in [5, 5.41) is 12.2. The van der Waals surface area contributed by atoms with E-state index in [0.29, 0.717) is 36.2 Å². The Morgan fingerprint density at radius 2 is 1.78 bits per heavy atom. The van der Waals surface area contributed by atoms with Crippen LogP contribution in [0.4, 0.5) is 5.69 Å². The monoisotopic (exact) mass is 390 g/mol. The highest BCUT2D eigenvalue weighted by molar-refractivity contribution is 7.89. The molecule has 1 N–H and O–H groups in total. The fraction of sp³-hybridized carbons (Fsp3) is 0.650. The lowest BCUT2D eigenvalue weighted by atomic mass is 10.0. The van der Waals surface area contributed by atoms with Crippen LogP contribution >= 0.6 is 0 Å². The number of fused-ring (bicyclic) bond motifs is 1. The van der Waals surface area contributed by atoms with Crippen molar-refractivity contribution in [2.24, 2.45) is 11.8 Å². The van der Waals surface area contributed by atoms with E-state index >= 15 is 0 Å². The van der Waals surface area contributed by atoms with E-state index in [4.69, 9.17) is 5.26 Å². The zero-order valence-corrected chi connectivity index (χ0v) is 16.9. The van der Waals surface area contributed by atoms with E-state index < -0.39 is 10.0 Å². The van der Waals surface area contributed by atoms with Crippen LogP contribution in [0.5, 0.6) is 0 Å². The quantitative estimate of drug-likeness (QED) is 0.655. The number of likely N-dealkylation sites (tertiary alicyclic amines) is 1. The highest BCUT2D eigenvalue weighted by Crippen LogP contribution is 2.32. The molecule has 2 aliphatic heterocycles. The van der Waals surface area contributed by atoms with Crippen LogP contribution < -0.4 is 5.32 Å². The Morgan fingerprint density at radius 1 is 1.11 bits per heavy atom. The second kappa shape index (κ2) is 9.05. The fourth-order valence-electron chi connectivity index (χ4n) is 4.11. The van der Waals surface area contributed by atoms with Crippen molar-refractivity contribution in [2.45, 2.75) is 26.2 Å². The summed E-state index contributed by atoms with van der Waals surface area (Å²) >= 11 is 0. The molecule has 1 aromatic carbocycles. The zero-order valence-electron chi connectivity index (χ0n) is 16.1. The largest absolute Gasteiger partial charge is 0.385 e. The van der Waals surface area contributed by atoms with Crippen LogP contribution in [0.3, 0.4) is 0 Å². The van der Waals surface area contributed by atoms with Gasteiger partial charge in [0.25, 0.3) is 0 Å². The molecule has 0 spiro atoms. The Morgan fingerprint density at radius 3 is 2.37 bits per heavy atom. The van der Waals surface area contributed by atoms with E-state index in [9.17, 15) is 8.42 Å². The van der Waals surface area contributed by atoms with Crippen molar-refractivity contribution in [3.63, 3.8) is 0 Å². The minimum absolute atomic E-state index is 0.299. The van der Waals surface area contributed by atoms with Crippen molar-refractivity contribution in [1.82, 2.24) is 9.21 Å². The third-order valence-corrected chi connectivity index (χ3v) is 7.56. The number of hydrogen-bond donors (Lipinski definition) is 1. The van der Waals surface area contributed by atoms with Crippen LogP contribution in [0.25, 0.3) is 0 Å². The molecule has 2 aliphatic rings. The number of sulfonamides is 1. The third-order valence-electron chi connectivity index (χ3n) is 5.67. The molecule has 3 rings (SSSR count). The number of benzene rings is 1. The molecule has 2 unspecified atom stereocenters. The van der Waals surface area contributed by atoms with Gasteiger partial charge in [0, 0.05) is 38.4 Å². The van der Waals surface area contributed by atoms with E-state index in [0.717, 1.165) is 51.1 Å². The zero-order chi connectivity index (χ0) is 19.3. The molecular weight excluding hydrogens is 360 g/mol. The van der Waals surface area contributed by atoms with Crippen molar-refractivity contribution in [1.29, 1.82) is 5.26 Å². The second-order valence-electron chi connectivity index (χ2n) is 7.74. The number of nitrogens with one attached hydrogen (secondary N) is 1. The average molecular weight is 391 g/mol. The van der Waals surface area contributed by atoms with E-state index in [2.05, 4.69) is 16.3 Å². The summed E-state index contributed by atoms with van der Waals surface area (Å²) in [4.78, 5) is 2.48. The van der Waals surface area contributed by atoms with Crippen molar-refractivity contribution in [3.8, 4) is 6.07 Å². The fourth-order valence-corrected chi connectivity index (χ4v) is 5.86. The summed E-state index contributed by atoms with van der Waals surface area (Å²) in [6.07, 6.45) is 2.73. The normalized spacial score (nSPS) is 23.3. The minimum atomic E-state index is -3.05. The van der Waals surface area contributed by atoms with Crippen LogP contribution in [0, 0.1) is 23.2 Å². The van der Waals surface area contributed by atoms with Gasteiger partial charge in [-0.25, -0.2) is 12.7 Å². The van der Waals surface area contributed by atoms with Crippen LogP contribution in [0.15, 0.2) is 24.3 Å². The SMILES string of the molecule is CCCCS(=O)(=O)N1CC2CN(CCCNc3ccc(C#N)cc3)CC2C1. The third kappa shape index (κ3) is 5.22. The van der Waals surface area contributed by atoms with Gasteiger partial charge in [-0.15, -0.1) is 0 Å². The van der Waals surface area contributed by atoms with Gasteiger partial charge < -0.3 is 10.2 Å². The molecule has 27 heavy (non-hydrogen) atoms. The summed E-state index contributed by atoms with van der Waals surface area (Å²) in [6, 6.07) is 9.65. The second-order valence-corrected chi connectivity index (χ2v) is 9.82. The first-order valence-corrected chi connectivity index (χ1v) is 11.6. The van der Waals surface area contributed by atoms with Crippen LogP contribution in [0.2, 0.25) is 0 Å². The Balaban J connectivity index is 1.36. The molecule has 0 aliphatic carbocycles. The van der Waals surface area contributed by atoms with Crippen LogP contribution in [-0.4, -0.2) is 62.6 Å². The average Bonchev–Trinajstić information content (AvgIpc) is 3.23. The molecule has 148 valence electrons. The summed E-state index contributed by atoms with van der Waals surface area (Å²) in [6.45, 7) is 7.41. The van der Waals surface area contributed by atoms with Gasteiger partial charge in [0.15, 0.2) is 0 Å². The van der Waals surface area contributed by atoms with Crippen molar-refractivity contribution >= 4 is 15.7 Å². The van der Waals surface area contributed by atoms with Crippen molar-refractivity contribution < 1.29 is 8.42 Å². The van der Waals surface area contributed by atoms with Gasteiger partial charge in [-0.1, -0.05) is 13.3 Å². The van der Waals surface area contributed by atoms with Gasteiger partial charge in [-0.3, -0.25) is 0 Å². The van der Waals surface area contributed by atoms with Gasteiger partial charge >= 0.3 is 0 Å². The lowest BCUT2D eigenvalue weighted by molar-refractivity contribution is 0.296. The first-order chi connectivity index (χ1) is 13.0. The molecule has 2 heterocycles. The molecule has 0 amide bonds. The lowest BCUT2D eigenvalue weighted by Gasteiger charge is -2.21. The maximum atomic E-state index is 12.4. The maximum Gasteiger partial charge on any atom is 0.214 e. The molecule has 2 saturated heterocycles. The summed E-state index contributed by atoms with van der Waals surface area (Å²) in [5.41, 5.74) is 1.72. The number of nitrogens with zero attached hydrogens (tertiary/aromatic N) is 3. The summed E-state index contributed by atoms with van der Waals surface area (Å²) < 4.78 is 26.5. The minimum Gasteiger partial charge on any atom is -0.385 e. The first kappa shape index (κ1) is 20.1. The maximum absolute atomic E-state index is 12.4. The van der Waals surface area contributed by atoms with E-state index in [1.54, 1.807) is 4.31 Å². The van der Waals surface area contributed by atoms with Gasteiger partial charge in [0.2, 0.25) is 10.0 Å². The number of rotatable bonds is 9. The molecule has 0 bridgehead atoms. The number of unbranched alkanes of at least 4 members (excludes halogenated alkanes) is 1. The smallest absolute Gasteiger partial charge is 0.214 e. The Bertz CT molecular complexity index is 743. The van der Waals surface area contributed by atoms with Crippen LogP contribution in [-0.2, 0) is 10.0 Å².